The van der Waals surface area contributed by atoms with Crippen LogP contribution >= 0.6 is 11.6 Å². The van der Waals surface area contributed by atoms with Crippen LogP contribution in [0.4, 0.5) is 5.69 Å². The molecule has 94 valence electrons. The van der Waals surface area contributed by atoms with Crippen molar-refractivity contribution in [3.63, 3.8) is 0 Å². The minimum Gasteiger partial charge on any atom is -0.398 e. The molecule has 5 heteroatoms. The molecule has 4 nitrogen and oxygen atoms in total. The van der Waals surface area contributed by atoms with E-state index < -0.39 is 0 Å². The van der Waals surface area contributed by atoms with E-state index in [9.17, 15) is 4.79 Å². The third kappa shape index (κ3) is 1.99. The number of hydrogen-bond donors (Lipinski definition) is 1. The van der Waals surface area contributed by atoms with Crippen LogP contribution in [-0.4, -0.2) is 15.6 Å². The largest absolute Gasteiger partial charge is 0.398 e. The smallest absolute Gasteiger partial charge is 0.161 e. The molecule has 0 saturated carbocycles. The third-order valence-corrected chi connectivity index (χ3v) is 3.41. The predicted octanol–water partition coefficient (Wildman–Crippen LogP) is 2.93. The highest BCUT2D eigenvalue weighted by Gasteiger charge is 2.12. The van der Waals surface area contributed by atoms with Crippen molar-refractivity contribution in [1.82, 2.24) is 9.78 Å². The fourth-order valence-electron chi connectivity index (χ4n) is 1.88. The molecule has 0 radical (unpaired) electrons. The monoisotopic (exact) mass is 263 g/mol. The summed E-state index contributed by atoms with van der Waals surface area (Å²) in [5.74, 6) is -0.0505. The number of hydrogen-bond acceptors (Lipinski definition) is 3. The Morgan fingerprint density at radius 2 is 2.06 bits per heavy atom. The van der Waals surface area contributed by atoms with Gasteiger partial charge in [-0.1, -0.05) is 11.6 Å². The Morgan fingerprint density at radius 3 is 2.50 bits per heavy atom. The number of benzene rings is 1. The lowest BCUT2D eigenvalue weighted by Gasteiger charge is -2.07. The van der Waals surface area contributed by atoms with E-state index in [0.717, 1.165) is 17.1 Å². The standard InChI is InChI=1S/C13H14ClN3O/c1-7-13(14)8(2)17(16-7)10-4-5-11(9(3)18)12(15)6-10/h4-6H,15H2,1-3H3. The van der Waals surface area contributed by atoms with Crippen molar-refractivity contribution in [3.05, 3.63) is 40.2 Å². The summed E-state index contributed by atoms with van der Waals surface area (Å²) in [6, 6.07) is 5.24. The van der Waals surface area contributed by atoms with Gasteiger partial charge in [-0.3, -0.25) is 4.79 Å². The maximum Gasteiger partial charge on any atom is 0.161 e. The number of nitrogen functional groups attached to an aromatic ring is 1. The van der Waals surface area contributed by atoms with Gasteiger partial charge in [0.05, 0.1) is 22.1 Å². The van der Waals surface area contributed by atoms with E-state index in [4.69, 9.17) is 17.3 Å². The van der Waals surface area contributed by atoms with Gasteiger partial charge in [-0.15, -0.1) is 0 Å². The van der Waals surface area contributed by atoms with Crippen LogP contribution in [0.2, 0.25) is 5.02 Å². The average Bonchev–Trinajstić information content (AvgIpc) is 2.56. The quantitative estimate of drug-likeness (QED) is 0.669. The molecule has 2 N–H and O–H groups in total. The lowest BCUT2D eigenvalue weighted by atomic mass is 10.1. The first-order valence-electron chi connectivity index (χ1n) is 5.54. The number of ketones is 1. The minimum atomic E-state index is -0.0505. The molecule has 0 unspecified atom stereocenters. The van der Waals surface area contributed by atoms with Crippen LogP contribution in [0.15, 0.2) is 18.2 Å². The number of carbonyl (C=O) groups is 1. The Labute approximate surface area is 110 Å². The summed E-state index contributed by atoms with van der Waals surface area (Å²) in [6.45, 7) is 5.22. The molecule has 0 bridgehead atoms. The molecule has 1 aromatic heterocycles. The van der Waals surface area contributed by atoms with Crippen molar-refractivity contribution in [2.24, 2.45) is 0 Å². The molecule has 0 aliphatic rings. The van der Waals surface area contributed by atoms with Crippen LogP contribution in [0.5, 0.6) is 0 Å². The van der Waals surface area contributed by atoms with Crippen LogP contribution in [0.3, 0.4) is 0 Å². The lowest BCUT2D eigenvalue weighted by molar-refractivity contribution is 0.101. The second-order valence-electron chi connectivity index (χ2n) is 4.22. The van der Waals surface area contributed by atoms with Crippen molar-refractivity contribution >= 4 is 23.1 Å². The van der Waals surface area contributed by atoms with Crippen molar-refractivity contribution in [3.8, 4) is 5.69 Å². The van der Waals surface area contributed by atoms with Crippen LogP contribution in [-0.2, 0) is 0 Å². The fraction of sp³-hybridized carbons (Fsp3) is 0.231. The second-order valence-corrected chi connectivity index (χ2v) is 4.60. The normalized spacial score (nSPS) is 10.7. The second kappa shape index (κ2) is 4.46. The fourth-order valence-corrected chi connectivity index (χ4v) is 2.00. The first-order chi connectivity index (χ1) is 8.41. The highest BCUT2D eigenvalue weighted by atomic mass is 35.5. The predicted molar refractivity (Wildman–Crippen MR) is 72.5 cm³/mol. The summed E-state index contributed by atoms with van der Waals surface area (Å²) in [7, 11) is 0. The van der Waals surface area contributed by atoms with Crippen LogP contribution in [0.1, 0.15) is 28.7 Å². The van der Waals surface area contributed by atoms with E-state index in [-0.39, 0.29) is 5.78 Å². The molecule has 0 aliphatic heterocycles. The van der Waals surface area contributed by atoms with E-state index in [1.54, 1.807) is 16.8 Å². The molecular formula is C13H14ClN3O. The zero-order valence-corrected chi connectivity index (χ0v) is 11.2. The zero-order chi connectivity index (χ0) is 13.4. The van der Waals surface area contributed by atoms with Gasteiger partial charge in [0.2, 0.25) is 0 Å². The molecule has 1 aromatic carbocycles. The Kier molecular flexibility index (Phi) is 3.13. The minimum absolute atomic E-state index is 0.0505. The molecule has 0 aliphatic carbocycles. The number of carbonyl (C=O) groups excluding carboxylic acids is 1. The first kappa shape index (κ1) is 12.6. The SMILES string of the molecule is CC(=O)c1ccc(-n2nc(C)c(Cl)c2C)cc1N. The maximum atomic E-state index is 11.3. The van der Waals surface area contributed by atoms with Gasteiger partial charge in [0.25, 0.3) is 0 Å². The highest BCUT2D eigenvalue weighted by Crippen LogP contribution is 2.24. The molecule has 18 heavy (non-hydrogen) atoms. The summed E-state index contributed by atoms with van der Waals surface area (Å²) in [5, 5.41) is 4.98. The Bertz CT molecular complexity index is 631. The van der Waals surface area contributed by atoms with Crippen LogP contribution in [0.25, 0.3) is 5.69 Å². The number of Topliss-reactive ketones (excluding diaryl/α,β-unsaturated/α-hetero) is 1. The molecule has 0 fully saturated rings. The van der Waals surface area contributed by atoms with Gasteiger partial charge in [-0.05, 0) is 39.0 Å². The summed E-state index contributed by atoms with van der Waals surface area (Å²) in [4.78, 5) is 11.3. The average molecular weight is 264 g/mol. The summed E-state index contributed by atoms with van der Waals surface area (Å²) in [6.07, 6.45) is 0. The number of aromatic nitrogens is 2. The number of rotatable bonds is 2. The van der Waals surface area contributed by atoms with Crippen molar-refractivity contribution in [2.75, 3.05) is 5.73 Å². The Balaban J connectivity index is 2.55. The molecule has 0 spiro atoms. The third-order valence-electron chi connectivity index (χ3n) is 2.86. The van der Waals surface area contributed by atoms with Crippen molar-refractivity contribution < 1.29 is 4.79 Å². The van der Waals surface area contributed by atoms with Gasteiger partial charge in [0.1, 0.15) is 0 Å². The number of anilines is 1. The first-order valence-corrected chi connectivity index (χ1v) is 5.92. The van der Waals surface area contributed by atoms with Gasteiger partial charge in [0, 0.05) is 11.3 Å². The molecule has 0 saturated heterocycles. The van der Waals surface area contributed by atoms with Gasteiger partial charge in [-0.2, -0.15) is 5.10 Å². The number of aryl methyl sites for hydroxylation is 1. The molecular weight excluding hydrogens is 250 g/mol. The van der Waals surface area contributed by atoms with Gasteiger partial charge in [0.15, 0.2) is 5.78 Å². The topological polar surface area (TPSA) is 60.9 Å². The molecule has 0 atom stereocenters. The van der Waals surface area contributed by atoms with Gasteiger partial charge < -0.3 is 5.73 Å². The zero-order valence-electron chi connectivity index (χ0n) is 10.5. The van der Waals surface area contributed by atoms with Gasteiger partial charge >= 0.3 is 0 Å². The molecule has 0 amide bonds. The number of nitrogens with zero attached hydrogens (tertiary/aromatic N) is 2. The summed E-state index contributed by atoms with van der Waals surface area (Å²) in [5.41, 5.74) is 9.24. The van der Waals surface area contributed by atoms with Gasteiger partial charge in [-0.25, -0.2) is 4.68 Å². The summed E-state index contributed by atoms with van der Waals surface area (Å²) < 4.78 is 1.72. The van der Waals surface area contributed by atoms with Crippen molar-refractivity contribution in [1.29, 1.82) is 0 Å². The van der Waals surface area contributed by atoms with Crippen LogP contribution in [0, 0.1) is 13.8 Å². The maximum absolute atomic E-state index is 11.3. The van der Waals surface area contributed by atoms with E-state index in [0.29, 0.717) is 16.3 Å². The highest BCUT2D eigenvalue weighted by molar-refractivity contribution is 6.31. The molecule has 2 aromatic rings. The van der Waals surface area contributed by atoms with Crippen molar-refractivity contribution in [2.45, 2.75) is 20.8 Å². The van der Waals surface area contributed by atoms with E-state index in [1.807, 2.05) is 19.9 Å². The van der Waals surface area contributed by atoms with E-state index in [1.165, 1.54) is 6.92 Å². The Hall–Kier alpha value is -1.81. The summed E-state index contributed by atoms with van der Waals surface area (Å²) >= 11 is 6.10. The molecule has 1 heterocycles. The number of halogens is 1. The number of nitrogens with two attached hydrogens (primary N) is 1. The Morgan fingerprint density at radius 1 is 1.39 bits per heavy atom. The van der Waals surface area contributed by atoms with E-state index in [2.05, 4.69) is 5.10 Å². The van der Waals surface area contributed by atoms with E-state index >= 15 is 0 Å². The lowest BCUT2D eigenvalue weighted by Crippen LogP contribution is -2.04. The molecule has 2 rings (SSSR count). The van der Waals surface area contributed by atoms with Crippen LogP contribution < -0.4 is 5.73 Å².